The Kier molecular flexibility index (Phi) is 4.92. The number of aromatic nitrogens is 2. The third-order valence-electron chi connectivity index (χ3n) is 4.16. The Labute approximate surface area is 161 Å². The third kappa shape index (κ3) is 3.80. The van der Waals surface area contributed by atoms with Crippen molar-refractivity contribution in [1.29, 1.82) is 0 Å². The number of ether oxygens (including phenoxy) is 3. The van der Waals surface area contributed by atoms with E-state index in [1.54, 1.807) is 7.11 Å². The predicted octanol–water partition coefficient (Wildman–Crippen LogP) is 2.89. The fraction of sp³-hybridized carbons (Fsp3) is 0.150. The maximum Gasteiger partial charge on any atom is 0.271 e. The lowest BCUT2D eigenvalue weighted by atomic mass is 10.2. The Bertz CT molecular complexity index is 992. The molecule has 28 heavy (non-hydrogen) atoms. The van der Waals surface area contributed by atoms with Crippen LogP contribution < -0.4 is 24.8 Å². The fourth-order valence-electron chi connectivity index (χ4n) is 2.75. The number of carbonyl (C=O) groups excluding carboxylic acids is 1. The van der Waals surface area contributed by atoms with Crippen molar-refractivity contribution in [1.82, 2.24) is 15.3 Å². The van der Waals surface area contributed by atoms with Gasteiger partial charge in [0, 0.05) is 23.9 Å². The van der Waals surface area contributed by atoms with Crippen molar-refractivity contribution in [3.05, 3.63) is 66.1 Å². The van der Waals surface area contributed by atoms with Gasteiger partial charge in [-0.3, -0.25) is 4.79 Å². The van der Waals surface area contributed by atoms with Gasteiger partial charge < -0.3 is 24.8 Å². The largest absolute Gasteiger partial charge is 0.496 e. The number of hydrogen-bond donors (Lipinski definition) is 2. The van der Waals surface area contributed by atoms with Crippen LogP contribution in [0.1, 0.15) is 16.1 Å². The van der Waals surface area contributed by atoms with Gasteiger partial charge in [0.25, 0.3) is 5.91 Å². The molecule has 0 saturated carbocycles. The highest BCUT2D eigenvalue weighted by Crippen LogP contribution is 2.34. The molecule has 8 heteroatoms. The monoisotopic (exact) mass is 378 g/mol. The van der Waals surface area contributed by atoms with Crippen LogP contribution in [-0.2, 0) is 6.54 Å². The van der Waals surface area contributed by atoms with Crippen LogP contribution in [0.25, 0.3) is 0 Å². The molecule has 8 nitrogen and oxygen atoms in total. The van der Waals surface area contributed by atoms with E-state index in [1.165, 1.54) is 12.4 Å². The summed E-state index contributed by atoms with van der Waals surface area (Å²) in [5, 5.41) is 5.93. The van der Waals surface area contributed by atoms with E-state index in [9.17, 15) is 4.79 Å². The lowest BCUT2D eigenvalue weighted by Gasteiger charge is -2.10. The molecule has 2 aromatic carbocycles. The standard InChI is InChI=1S/C20H18N4O4/c1-26-16-5-3-2-4-13(16)9-23-20(25)15-10-22-19(11-21-15)24-14-6-7-17-18(8-14)28-12-27-17/h2-8,10-11H,9,12H2,1H3,(H,22,24)(H,23,25). The SMILES string of the molecule is COc1ccccc1CNC(=O)c1cnc(Nc2ccc3c(c2)OCO3)cn1. The van der Waals surface area contributed by atoms with Gasteiger partial charge >= 0.3 is 0 Å². The van der Waals surface area contributed by atoms with E-state index in [0.717, 1.165) is 17.0 Å². The summed E-state index contributed by atoms with van der Waals surface area (Å²) in [4.78, 5) is 20.7. The predicted molar refractivity (Wildman–Crippen MR) is 102 cm³/mol. The fourth-order valence-corrected chi connectivity index (χ4v) is 2.75. The first-order valence-electron chi connectivity index (χ1n) is 8.62. The van der Waals surface area contributed by atoms with Crippen LogP contribution in [0, 0.1) is 0 Å². The van der Waals surface area contributed by atoms with E-state index in [2.05, 4.69) is 20.6 Å². The molecule has 1 aromatic heterocycles. The van der Waals surface area contributed by atoms with E-state index in [-0.39, 0.29) is 18.4 Å². The minimum atomic E-state index is -0.312. The molecule has 1 amide bonds. The van der Waals surface area contributed by atoms with E-state index in [4.69, 9.17) is 14.2 Å². The molecule has 0 radical (unpaired) electrons. The number of hydrogen-bond acceptors (Lipinski definition) is 7. The number of methoxy groups -OCH3 is 1. The summed E-state index contributed by atoms with van der Waals surface area (Å²) in [6, 6.07) is 13.0. The molecular weight excluding hydrogens is 360 g/mol. The van der Waals surface area contributed by atoms with Gasteiger partial charge in [0.2, 0.25) is 6.79 Å². The Morgan fingerprint density at radius 3 is 2.79 bits per heavy atom. The molecule has 4 rings (SSSR count). The van der Waals surface area contributed by atoms with Gasteiger partial charge in [0.1, 0.15) is 17.3 Å². The molecule has 1 aliphatic heterocycles. The minimum absolute atomic E-state index is 0.220. The van der Waals surface area contributed by atoms with Gasteiger partial charge in [-0.15, -0.1) is 0 Å². The van der Waals surface area contributed by atoms with Crippen LogP contribution in [0.5, 0.6) is 17.2 Å². The zero-order valence-corrected chi connectivity index (χ0v) is 15.1. The maximum atomic E-state index is 12.3. The second-order valence-corrected chi connectivity index (χ2v) is 5.97. The molecule has 0 atom stereocenters. The third-order valence-corrected chi connectivity index (χ3v) is 4.16. The second-order valence-electron chi connectivity index (χ2n) is 5.97. The highest BCUT2D eigenvalue weighted by Gasteiger charge is 2.14. The number of amides is 1. The van der Waals surface area contributed by atoms with Crippen molar-refractivity contribution >= 4 is 17.4 Å². The van der Waals surface area contributed by atoms with Crippen LogP contribution in [0.4, 0.5) is 11.5 Å². The highest BCUT2D eigenvalue weighted by molar-refractivity contribution is 5.92. The van der Waals surface area contributed by atoms with Crippen LogP contribution in [-0.4, -0.2) is 29.8 Å². The summed E-state index contributed by atoms with van der Waals surface area (Å²) in [5.41, 5.74) is 1.89. The number of nitrogens with one attached hydrogen (secondary N) is 2. The first-order valence-corrected chi connectivity index (χ1v) is 8.62. The van der Waals surface area contributed by atoms with Crippen LogP contribution in [0.2, 0.25) is 0 Å². The summed E-state index contributed by atoms with van der Waals surface area (Å²) < 4.78 is 15.9. The van der Waals surface area contributed by atoms with Crippen molar-refractivity contribution in [2.24, 2.45) is 0 Å². The van der Waals surface area contributed by atoms with Crippen molar-refractivity contribution < 1.29 is 19.0 Å². The Balaban J connectivity index is 1.38. The number of nitrogens with zero attached hydrogens (tertiary/aromatic N) is 2. The average Bonchev–Trinajstić information content (AvgIpc) is 3.20. The molecule has 0 fully saturated rings. The molecule has 2 N–H and O–H groups in total. The first-order chi connectivity index (χ1) is 13.7. The normalized spacial score (nSPS) is 11.8. The molecule has 142 valence electrons. The molecule has 0 spiro atoms. The van der Waals surface area contributed by atoms with Crippen LogP contribution >= 0.6 is 0 Å². The molecule has 2 heterocycles. The lowest BCUT2D eigenvalue weighted by Crippen LogP contribution is -2.24. The number of carbonyl (C=O) groups is 1. The van der Waals surface area contributed by atoms with E-state index < -0.39 is 0 Å². The highest BCUT2D eigenvalue weighted by atomic mass is 16.7. The topological polar surface area (TPSA) is 94.6 Å². The van der Waals surface area contributed by atoms with Crippen LogP contribution in [0.15, 0.2) is 54.9 Å². The average molecular weight is 378 g/mol. The Morgan fingerprint density at radius 2 is 1.96 bits per heavy atom. The summed E-state index contributed by atoms with van der Waals surface area (Å²) >= 11 is 0. The van der Waals surface area contributed by atoms with Crippen molar-refractivity contribution in [3.8, 4) is 17.2 Å². The quantitative estimate of drug-likeness (QED) is 0.681. The van der Waals surface area contributed by atoms with E-state index in [0.29, 0.717) is 23.9 Å². The van der Waals surface area contributed by atoms with E-state index >= 15 is 0 Å². The molecule has 0 unspecified atom stereocenters. The summed E-state index contributed by atoms with van der Waals surface area (Å²) in [6.07, 6.45) is 2.93. The molecule has 3 aromatic rings. The second kappa shape index (κ2) is 7.83. The first kappa shape index (κ1) is 17.6. The Morgan fingerprint density at radius 1 is 1.11 bits per heavy atom. The summed E-state index contributed by atoms with van der Waals surface area (Å²) in [5.74, 6) is 2.30. The van der Waals surface area contributed by atoms with Crippen molar-refractivity contribution in [2.75, 3.05) is 19.2 Å². The lowest BCUT2D eigenvalue weighted by molar-refractivity contribution is 0.0945. The van der Waals surface area contributed by atoms with Gasteiger partial charge in [-0.25, -0.2) is 9.97 Å². The summed E-state index contributed by atoms with van der Waals surface area (Å²) in [7, 11) is 1.60. The van der Waals surface area contributed by atoms with E-state index in [1.807, 2.05) is 42.5 Å². The van der Waals surface area contributed by atoms with Gasteiger partial charge in [-0.2, -0.15) is 0 Å². The molecular formula is C20H18N4O4. The van der Waals surface area contributed by atoms with Gasteiger partial charge in [-0.05, 0) is 18.2 Å². The zero-order chi connectivity index (χ0) is 19.3. The Hall–Kier alpha value is -3.81. The molecule has 0 aliphatic carbocycles. The zero-order valence-electron chi connectivity index (χ0n) is 15.1. The molecule has 0 saturated heterocycles. The van der Waals surface area contributed by atoms with Gasteiger partial charge in [0.05, 0.1) is 19.5 Å². The van der Waals surface area contributed by atoms with Gasteiger partial charge in [0.15, 0.2) is 11.5 Å². The van der Waals surface area contributed by atoms with Gasteiger partial charge in [-0.1, -0.05) is 18.2 Å². The number of benzene rings is 2. The minimum Gasteiger partial charge on any atom is -0.496 e. The number of fused-ring (bicyclic) bond motifs is 1. The smallest absolute Gasteiger partial charge is 0.271 e. The number of anilines is 2. The maximum absolute atomic E-state index is 12.3. The number of para-hydroxylation sites is 1. The number of rotatable bonds is 6. The molecule has 1 aliphatic rings. The van der Waals surface area contributed by atoms with Crippen molar-refractivity contribution in [2.45, 2.75) is 6.54 Å². The van der Waals surface area contributed by atoms with Crippen molar-refractivity contribution in [3.63, 3.8) is 0 Å². The molecule has 0 bridgehead atoms. The summed E-state index contributed by atoms with van der Waals surface area (Å²) in [6.45, 7) is 0.555. The van der Waals surface area contributed by atoms with Crippen LogP contribution in [0.3, 0.4) is 0 Å².